The molecule has 0 bridgehead atoms. The summed E-state index contributed by atoms with van der Waals surface area (Å²) < 4.78 is 74.1. The molecule has 0 saturated carbocycles. The highest BCUT2D eigenvalue weighted by atomic mass is 35.5. The van der Waals surface area contributed by atoms with Gasteiger partial charge in [0.1, 0.15) is 23.9 Å². The second kappa shape index (κ2) is 10.8. The molecule has 1 aromatic heterocycles. The smallest absolute Gasteiger partial charge is 0.432 e. The summed E-state index contributed by atoms with van der Waals surface area (Å²) in [6, 6.07) is 10.5. The second-order valence-corrected chi connectivity index (χ2v) is 7.51. The van der Waals surface area contributed by atoms with Gasteiger partial charge in [-0.05, 0) is 42.5 Å². The lowest BCUT2D eigenvalue weighted by molar-refractivity contribution is -0.226. The molecule has 0 fully saturated rings. The van der Waals surface area contributed by atoms with Gasteiger partial charge in [-0.15, -0.1) is 0 Å². The van der Waals surface area contributed by atoms with Crippen LogP contribution in [0, 0.1) is 11.8 Å². The van der Waals surface area contributed by atoms with E-state index in [0.717, 1.165) is 0 Å². The number of nitrogens with one attached hydrogen (secondary N) is 2. The van der Waals surface area contributed by atoms with Crippen molar-refractivity contribution >= 4 is 23.2 Å². The Morgan fingerprint density at radius 3 is 2.46 bits per heavy atom. The highest BCUT2D eigenvalue weighted by Crippen LogP contribution is 2.33. The number of aromatic nitrogens is 2. The van der Waals surface area contributed by atoms with E-state index in [1.54, 1.807) is 24.3 Å². The van der Waals surface area contributed by atoms with Gasteiger partial charge in [0.25, 0.3) is 0 Å². The number of carbonyl (C=O) groups is 1. The van der Waals surface area contributed by atoms with E-state index in [1.807, 2.05) is 0 Å². The minimum atomic E-state index is -4.62. The summed E-state index contributed by atoms with van der Waals surface area (Å²) in [5.74, 6) is 4.20. The molecule has 0 unspecified atom stereocenters. The highest BCUT2D eigenvalue weighted by Gasteiger charge is 2.33. The van der Waals surface area contributed by atoms with E-state index in [1.165, 1.54) is 18.2 Å². The number of halogens is 6. The molecule has 0 radical (unpaired) electrons. The molecule has 0 saturated heterocycles. The van der Waals surface area contributed by atoms with Gasteiger partial charge in [0, 0.05) is 29.0 Å². The van der Waals surface area contributed by atoms with Crippen molar-refractivity contribution in [3.8, 4) is 29.0 Å². The van der Waals surface area contributed by atoms with Gasteiger partial charge in [0.15, 0.2) is 0 Å². The zero-order valence-electron chi connectivity index (χ0n) is 18.0. The third-order valence-electron chi connectivity index (χ3n) is 4.24. The van der Waals surface area contributed by atoms with E-state index in [0.29, 0.717) is 23.7 Å². The van der Waals surface area contributed by atoms with Gasteiger partial charge in [0.05, 0.1) is 18.5 Å². The first kappa shape index (κ1) is 26.0. The predicted octanol–water partition coefficient (Wildman–Crippen LogP) is 5.75. The molecule has 2 aromatic carbocycles. The number of ether oxygens (including phenoxy) is 2. The van der Waals surface area contributed by atoms with Gasteiger partial charge in [-0.3, -0.25) is 4.79 Å². The molecule has 12 heteroatoms. The summed E-state index contributed by atoms with van der Waals surface area (Å²) in [6.07, 6.45) is -7.33. The molecule has 0 atom stereocenters. The molecule has 1 heterocycles. The van der Waals surface area contributed by atoms with Crippen LogP contribution in [0.25, 0.3) is 11.4 Å². The van der Waals surface area contributed by atoms with Gasteiger partial charge in [-0.25, -0.2) is 4.98 Å². The predicted molar refractivity (Wildman–Crippen MR) is 118 cm³/mol. The fourth-order valence-electron chi connectivity index (χ4n) is 2.70. The molecule has 35 heavy (non-hydrogen) atoms. The molecule has 2 N–H and O–H groups in total. The molecule has 3 aromatic rings. The molecular formula is C23H17ClF5N3O3. The van der Waals surface area contributed by atoms with E-state index < -0.39 is 30.5 Å². The number of nitrogens with zero attached hydrogens (tertiary/aromatic N) is 1. The summed E-state index contributed by atoms with van der Waals surface area (Å²) in [4.78, 5) is 18.3. The first-order chi connectivity index (χ1) is 16.4. The molecule has 0 aliphatic rings. The van der Waals surface area contributed by atoms with Crippen LogP contribution in [-0.4, -0.2) is 35.2 Å². The number of carbonyl (C=O) groups excluding carboxylic acids is 1. The minimum Gasteiger partial charge on any atom is -0.489 e. The first-order valence-electron chi connectivity index (χ1n) is 9.90. The van der Waals surface area contributed by atoms with Crippen LogP contribution in [0.3, 0.4) is 0 Å². The molecule has 0 aliphatic heterocycles. The Hall–Kier alpha value is -3.62. The number of imidazole rings is 1. The van der Waals surface area contributed by atoms with Crippen molar-refractivity contribution < 1.29 is 36.2 Å². The van der Waals surface area contributed by atoms with Gasteiger partial charge in [-0.2, -0.15) is 22.0 Å². The summed E-state index contributed by atoms with van der Waals surface area (Å²) in [5.41, 5.74) is -0.302. The maximum absolute atomic E-state index is 12.9. The van der Waals surface area contributed by atoms with Crippen LogP contribution in [0.1, 0.15) is 18.2 Å². The summed E-state index contributed by atoms with van der Waals surface area (Å²) >= 11 is 5.81. The van der Waals surface area contributed by atoms with Crippen molar-refractivity contribution in [2.75, 3.05) is 18.5 Å². The van der Waals surface area contributed by atoms with Crippen molar-refractivity contribution in [3.63, 3.8) is 0 Å². The maximum atomic E-state index is 12.9. The molecule has 6 nitrogen and oxygen atoms in total. The number of alkyl halides is 5. The van der Waals surface area contributed by atoms with Crippen LogP contribution in [0.2, 0.25) is 5.02 Å². The first-order valence-corrected chi connectivity index (χ1v) is 10.3. The molecule has 3 rings (SSSR count). The lowest BCUT2D eigenvalue weighted by Gasteiger charge is -2.15. The number of benzene rings is 2. The average molecular weight is 514 g/mol. The van der Waals surface area contributed by atoms with Crippen LogP contribution in [0.4, 0.5) is 27.6 Å². The number of anilines is 1. The Bertz CT molecular complexity index is 1240. The van der Waals surface area contributed by atoms with Crippen molar-refractivity contribution in [3.05, 3.63) is 64.9 Å². The fraction of sp³-hybridized carbons (Fsp3) is 0.217. The van der Waals surface area contributed by atoms with E-state index >= 15 is 0 Å². The molecule has 184 valence electrons. The topological polar surface area (TPSA) is 76.2 Å². The zero-order chi connectivity index (χ0) is 25.6. The Morgan fingerprint density at radius 1 is 1.11 bits per heavy atom. The van der Waals surface area contributed by atoms with E-state index in [2.05, 4.69) is 31.9 Å². The Kier molecular flexibility index (Phi) is 7.99. The summed E-state index contributed by atoms with van der Waals surface area (Å²) in [6.45, 7) is -0.172. The van der Waals surface area contributed by atoms with Crippen LogP contribution in [-0.2, 0) is 15.7 Å². The summed E-state index contributed by atoms with van der Waals surface area (Å²) in [5, 5.41) is 2.98. The highest BCUT2D eigenvalue weighted by molar-refractivity contribution is 6.30. The minimum absolute atomic E-state index is 0.0334. The lowest BCUT2D eigenvalue weighted by Crippen LogP contribution is -2.20. The lowest BCUT2D eigenvalue weighted by atomic mass is 10.1. The molecule has 0 spiro atoms. The third-order valence-corrected chi connectivity index (χ3v) is 4.50. The van der Waals surface area contributed by atoms with Gasteiger partial charge < -0.3 is 19.8 Å². The van der Waals surface area contributed by atoms with E-state index in [-0.39, 0.29) is 29.4 Å². The third kappa shape index (κ3) is 7.98. The Balaban J connectivity index is 1.83. The van der Waals surface area contributed by atoms with Crippen LogP contribution in [0.15, 0.2) is 48.7 Å². The van der Waals surface area contributed by atoms with Gasteiger partial charge >= 0.3 is 18.2 Å². The Labute approximate surface area is 201 Å². The number of rotatable bonds is 7. The standard InChI is InChI=1S/C23H17ClF5N3O3/c1-22(25,26)35-11-10-34-18-8-5-15(21-30-13-19(32-21)23(27,28)29)12-17(18)31-20(33)9-4-14-2-6-16(24)7-3-14/h2-3,5-8,12-13H,10-11H2,1H3,(H,30,32)(H,31,33). The van der Waals surface area contributed by atoms with Crippen molar-refractivity contribution in [1.29, 1.82) is 0 Å². The number of H-pyrrole nitrogens is 1. The van der Waals surface area contributed by atoms with Crippen molar-refractivity contribution in [2.45, 2.75) is 19.2 Å². The SMILES string of the molecule is CC(F)(F)OCCOc1ccc(-c2ncc(C(F)(F)F)[nH]2)cc1NC(=O)C#Cc1ccc(Cl)cc1. The molecular weight excluding hydrogens is 497 g/mol. The monoisotopic (exact) mass is 513 g/mol. The quantitative estimate of drug-likeness (QED) is 0.240. The number of hydrogen-bond donors (Lipinski definition) is 2. The molecule has 1 amide bonds. The largest absolute Gasteiger partial charge is 0.489 e. The normalized spacial score (nSPS) is 11.5. The van der Waals surface area contributed by atoms with Crippen molar-refractivity contribution in [2.24, 2.45) is 0 Å². The van der Waals surface area contributed by atoms with E-state index in [4.69, 9.17) is 16.3 Å². The van der Waals surface area contributed by atoms with Gasteiger partial charge in [0.2, 0.25) is 0 Å². The van der Waals surface area contributed by atoms with E-state index in [9.17, 15) is 26.7 Å². The number of aromatic amines is 1. The fourth-order valence-corrected chi connectivity index (χ4v) is 2.83. The van der Waals surface area contributed by atoms with Crippen molar-refractivity contribution in [1.82, 2.24) is 9.97 Å². The van der Waals surface area contributed by atoms with Crippen LogP contribution < -0.4 is 10.1 Å². The average Bonchev–Trinajstić information content (AvgIpc) is 3.27. The zero-order valence-corrected chi connectivity index (χ0v) is 18.7. The van der Waals surface area contributed by atoms with Crippen LogP contribution in [0.5, 0.6) is 5.75 Å². The van der Waals surface area contributed by atoms with Crippen LogP contribution >= 0.6 is 11.6 Å². The Morgan fingerprint density at radius 2 is 1.83 bits per heavy atom. The van der Waals surface area contributed by atoms with Gasteiger partial charge in [-0.1, -0.05) is 17.5 Å². The maximum Gasteiger partial charge on any atom is 0.432 e. The second-order valence-electron chi connectivity index (χ2n) is 7.07. The number of hydrogen-bond acceptors (Lipinski definition) is 4. The molecule has 0 aliphatic carbocycles. The number of amides is 1. The summed E-state index contributed by atoms with van der Waals surface area (Å²) in [7, 11) is 0.